The summed E-state index contributed by atoms with van der Waals surface area (Å²) in [5, 5.41) is 3.35. The van der Waals surface area contributed by atoms with Crippen molar-refractivity contribution in [3.8, 4) is 5.75 Å². The Kier molecular flexibility index (Phi) is 5.25. The molecule has 3 N–H and O–H groups in total. The van der Waals surface area contributed by atoms with E-state index in [-0.39, 0.29) is 5.56 Å². The Morgan fingerprint density at radius 3 is 2.46 bits per heavy atom. The molecule has 0 saturated heterocycles. The topological polar surface area (TPSA) is 94.6 Å². The summed E-state index contributed by atoms with van der Waals surface area (Å²) in [4.78, 5) is 25.0. The van der Waals surface area contributed by atoms with Crippen molar-refractivity contribution < 1.29 is 13.9 Å². The molecule has 0 radical (unpaired) electrons. The van der Waals surface area contributed by atoms with Crippen LogP contribution in [-0.2, 0) is 5.54 Å². The van der Waals surface area contributed by atoms with Crippen LogP contribution in [0, 0.1) is 6.92 Å². The highest BCUT2D eigenvalue weighted by Crippen LogP contribution is 2.29. The summed E-state index contributed by atoms with van der Waals surface area (Å²) < 4.78 is 11.0. The smallest absolute Gasteiger partial charge is 0.349 e. The fourth-order valence-corrected chi connectivity index (χ4v) is 2.92. The fraction of sp³-hybridized carbons (Fsp3) is 0.273. The van der Waals surface area contributed by atoms with E-state index in [1.165, 1.54) is 6.07 Å². The molecular formula is C22H24N2O4. The summed E-state index contributed by atoms with van der Waals surface area (Å²) in [6, 6.07) is 12.4. The lowest BCUT2D eigenvalue weighted by molar-refractivity contribution is 0.102. The van der Waals surface area contributed by atoms with Crippen LogP contribution in [0.5, 0.6) is 5.75 Å². The zero-order valence-corrected chi connectivity index (χ0v) is 16.5. The molecule has 3 aromatic rings. The number of fused-ring (bicyclic) bond motifs is 1. The standard InChI is InChI=1S/C22H24N2O4/c1-5-27-18-13(2)6-7-14-12-17(21(26)28-19(14)18)20(25)24-16-10-8-15(9-11-16)22(3,4)23/h6-12H,5,23H2,1-4H3,(H,24,25). The van der Waals surface area contributed by atoms with Crippen LogP contribution >= 0.6 is 0 Å². The molecule has 0 bridgehead atoms. The molecule has 0 fully saturated rings. The van der Waals surface area contributed by atoms with Crippen LogP contribution in [0.3, 0.4) is 0 Å². The Bertz CT molecular complexity index is 1080. The van der Waals surface area contributed by atoms with Gasteiger partial charge in [-0.15, -0.1) is 0 Å². The second kappa shape index (κ2) is 7.48. The monoisotopic (exact) mass is 380 g/mol. The minimum atomic E-state index is -0.712. The lowest BCUT2D eigenvalue weighted by Crippen LogP contribution is -2.28. The third-order valence-corrected chi connectivity index (χ3v) is 4.47. The molecule has 1 heterocycles. The highest BCUT2D eigenvalue weighted by molar-refractivity contribution is 6.05. The van der Waals surface area contributed by atoms with Gasteiger partial charge in [-0.2, -0.15) is 0 Å². The average Bonchev–Trinajstić information content (AvgIpc) is 2.63. The summed E-state index contributed by atoms with van der Waals surface area (Å²) in [5.41, 5.74) is 7.52. The maximum Gasteiger partial charge on any atom is 0.349 e. The molecule has 1 aromatic heterocycles. The molecule has 0 unspecified atom stereocenters. The van der Waals surface area contributed by atoms with Crippen molar-refractivity contribution in [3.63, 3.8) is 0 Å². The van der Waals surface area contributed by atoms with Crippen molar-refractivity contribution in [2.24, 2.45) is 5.73 Å². The van der Waals surface area contributed by atoms with Crippen LogP contribution in [0.2, 0.25) is 0 Å². The summed E-state index contributed by atoms with van der Waals surface area (Å²) in [6.07, 6.45) is 0. The summed E-state index contributed by atoms with van der Waals surface area (Å²) >= 11 is 0. The number of rotatable bonds is 5. The summed E-state index contributed by atoms with van der Waals surface area (Å²) in [7, 11) is 0. The number of aryl methyl sites for hydroxylation is 1. The molecule has 28 heavy (non-hydrogen) atoms. The Morgan fingerprint density at radius 1 is 1.18 bits per heavy atom. The first kappa shape index (κ1) is 19.6. The van der Waals surface area contributed by atoms with Gasteiger partial charge in [-0.1, -0.05) is 24.3 Å². The zero-order valence-electron chi connectivity index (χ0n) is 16.5. The first-order chi connectivity index (χ1) is 13.2. The molecule has 6 heteroatoms. The number of hydrogen-bond donors (Lipinski definition) is 2. The van der Waals surface area contributed by atoms with Gasteiger partial charge in [0, 0.05) is 16.6 Å². The van der Waals surface area contributed by atoms with E-state index in [0.717, 1.165) is 11.1 Å². The summed E-state index contributed by atoms with van der Waals surface area (Å²) in [6.45, 7) is 7.98. The maximum absolute atomic E-state index is 12.6. The van der Waals surface area contributed by atoms with Crippen LogP contribution in [-0.4, -0.2) is 12.5 Å². The van der Waals surface area contributed by atoms with Gasteiger partial charge in [-0.05, 0) is 57.0 Å². The van der Waals surface area contributed by atoms with Crippen molar-refractivity contribution in [3.05, 3.63) is 69.6 Å². The van der Waals surface area contributed by atoms with Gasteiger partial charge in [0.2, 0.25) is 0 Å². The lowest BCUT2D eigenvalue weighted by Gasteiger charge is -2.19. The van der Waals surface area contributed by atoms with E-state index in [2.05, 4.69) is 5.32 Å². The van der Waals surface area contributed by atoms with Gasteiger partial charge in [0.25, 0.3) is 5.91 Å². The van der Waals surface area contributed by atoms with E-state index < -0.39 is 17.1 Å². The molecule has 0 spiro atoms. The predicted octanol–water partition coefficient (Wildman–Crippen LogP) is 3.95. The fourth-order valence-electron chi connectivity index (χ4n) is 2.92. The molecule has 3 rings (SSSR count). The van der Waals surface area contributed by atoms with E-state index in [1.54, 1.807) is 18.2 Å². The highest BCUT2D eigenvalue weighted by Gasteiger charge is 2.18. The second-order valence-corrected chi connectivity index (χ2v) is 7.26. The quantitative estimate of drug-likeness (QED) is 0.654. The Labute approximate surface area is 163 Å². The van der Waals surface area contributed by atoms with Gasteiger partial charge < -0.3 is 20.2 Å². The van der Waals surface area contributed by atoms with Crippen molar-refractivity contribution in [2.45, 2.75) is 33.2 Å². The zero-order chi connectivity index (χ0) is 20.5. The molecular weight excluding hydrogens is 356 g/mol. The molecule has 6 nitrogen and oxygen atoms in total. The third-order valence-electron chi connectivity index (χ3n) is 4.47. The third kappa shape index (κ3) is 3.92. The molecule has 0 atom stereocenters. The van der Waals surface area contributed by atoms with E-state index in [0.29, 0.717) is 29.0 Å². The van der Waals surface area contributed by atoms with Crippen LogP contribution in [0.15, 0.2) is 51.7 Å². The van der Waals surface area contributed by atoms with Crippen LogP contribution in [0.25, 0.3) is 11.0 Å². The number of anilines is 1. The minimum Gasteiger partial charge on any atom is -0.490 e. The number of amides is 1. The van der Waals surface area contributed by atoms with E-state index in [1.807, 2.05) is 45.9 Å². The Balaban J connectivity index is 1.93. The predicted molar refractivity (Wildman–Crippen MR) is 110 cm³/mol. The van der Waals surface area contributed by atoms with E-state index in [9.17, 15) is 9.59 Å². The van der Waals surface area contributed by atoms with Gasteiger partial charge in [0.05, 0.1) is 6.61 Å². The molecule has 1 amide bonds. The average molecular weight is 380 g/mol. The van der Waals surface area contributed by atoms with Crippen molar-refractivity contribution in [1.82, 2.24) is 0 Å². The van der Waals surface area contributed by atoms with Gasteiger partial charge in [0.15, 0.2) is 11.3 Å². The summed E-state index contributed by atoms with van der Waals surface area (Å²) in [5.74, 6) is -0.0158. The SMILES string of the molecule is CCOc1c(C)ccc2cc(C(=O)Nc3ccc(C(C)(C)N)cc3)c(=O)oc12. The second-order valence-electron chi connectivity index (χ2n) is 7.26. The van der Waals surface area contributed by atoms with Crippen molar-refractivity contribution in [2.75, 3.05) is 11.9 Å². The Hall–Kier alpha value is -3.12. The number of nitrogens with two attached hydrogens (primary N) is 1. The number of ether oxygens (including phenoxy) is 1. The number of carbonyl (C=O) groups excluding carboxylic acids is 1. The molecule has 0 aliphatic heterocycles. The van der Waals surface area contributed by atoms with Crippen LogP contribution in [0.4, 0.5) is 5.69 Å². The van der Waals surface area contributed by atoms with Crippen molar-refractivity contribution >= 4 is 22.6 Å². The van der Waals surface area contributed by atoms with E-state index >= 15 is 0 Å². The largest absolute Gasteiger partial charge is 0.490 e. The van der Waals surface area contributed by atoms with Gasteiger partial charge in [0.1, 0.15) is 5.56 Å². The lowest BCUT2D eigenvalue weighted by atomic mass is 9.95. The van der Waals surface area contributed by atoms with Gasteiger partial charge >= 0.3 is 5.63 Å². The van der Waals surface area contributed by atoms with Gasteiger partial charge in [-0.3, -0.25) is 4.79 Å². The van der Waals surface area contributed by atoms with Crippen molar-refractivity contribution in [1.29, 1.82) is 0 Å². The van der Waals surface area contributed by atoms with E-state index in [4.69, 9.17) is 14.9 Å². The highest BCUT2D eigenvalue weighted by atomic mass is 16.5. The molecule has 0 aliphatic carbocycles. The minimum absolute atomic E-state index is 0.0676. The Morgan fingerprint density at radius 2 is 1.86 bits per heavy atom. The normalized spacial score (nSPS) is 11.5. The molecule has 0 aliphatic rings. The van der Waals surface area contributed by atoms with Crippen LogP contribution < -0.4 is 21.4 Å². The maximum atomic E-state index is 12.6. The molecule has 146 valence electrons. The molecule has 0 saturated carbocycles. The number of hydrogen-bond acceptors (Lipinski definition) is 5. The first-order valence-corrected chi connectivity index (χ1v) is 9.11. The first-order valence-electron chi connectivity index (χ1n) is 9.11. The van der Waals surface area contributed by atoms with Gasteiger partial charge in [-0.25, -0.2) is 4.79 Å². The number of benzene rings is 2. The number of carbonyl (C=O) groups is 1. The van der Waals surface area contributed by atoms with Crippen LogP contribution in [0.1, 0.15) is 42.3 Å². The number of nitrogens with one attached hydrogen (secondary N) is 1. The molecule has 2 aromatic carbocycles.